The van der Waals surface area contributed by atoms with Crippen LogP contribution in [0.3, 0.4) is 0 Å². The third kappa shape index (κ3) is 3.81. The number of rotatable bonds is 7. The number of benzene rings is 2. The molecule has 0 atom stereocenters. The summed E-state index contributed by atoms with van der Waals surface area (Å²) >= 11 is 0. The molecule has 0 radical (unpaired) electrons. The van der Waals surface area contributed by atoms with Crippen LogP contribution in [-0.2, 0) is 11.3 Å². The third-order valence-electron chi connectivity index (χ3n) is 6.28. The minimum atomic E-state index is -0.516. The van der Waals surface area contributed by atoms with Gasteiger partial charge in [0.15, 0.2) is 0 Å². The Morgan fingerprint density at radius 1 is 1.13 bits per heavy atom. The number of nitrogens with zero attached hydrogens (tertiary/aromatic N) is 2. The zero-order valence-electron chi connectivity index (χ0n) is 17.9. The second kappa shape index (κ2) is 8.50. The highest BCUT2D eigenvalue weighted by Crippen LogP contribution is 2.40. The molecule has 1 fully saturated rings. The molecule has 30 heavy (non-hydrogen) atoms. The lowest BCUT2D eigenvalue weighted by Crippen LogP contribution is -2.40. The quantitative estimate of drug-likeness (QED) is 0.678. The van der Waals surface area contributed by atoms with Crippen LogP contribution in [0.1, 0.15) is 57.4 Å². The van der Waals surface area contributed by atoms with E-state index in [1.165, 1.54) is 0 Å². The molecule has 2 aromatic carbocycles. The highest BCUT2D eigenvalue weighted by Gasteiger charge is 2.49. The number of aromatic hydroxyl groups is 1. The number of phenolic OH excluding ortho intramolecular Hbond substituents is 1. The average Bonchev–Trinajstić information content (AvgIpc) is 3.33. The first-order valence-electron chi connectivity index (χ1n) is 10.9. The van der Waals surface area contributed by atoms with Crippen LogP contribution in [-0.4, -0.2) is 34.4 Å². The fraction of sp³-hybridized carbons (Fsp3) is 0.440. The zero-order valence-corrected chi connectivity index (χ0v) is 17.9. The number of aliphatic imine (C=N–C) groups is 1. The number of ether oxygens (including phenoxy) is 1. The summed E-state index contributed by atoms with van der Waals surface area (Å²) in [5.74, 6) is 2.07. The Kier molecular flexibility index (Phi) is 5.80. The molecule has 0 unspecified atom stereocenters. The Bertz CT molecular complexity index is 961. The number of hydrogen-bond acceptors (Lipinski definition) is 4. The zero-order chi connectivity index (χ0) is 21.1. The number of amides is 1. The van der Waals surface area contributed by atoms with E-state index in [1.807, 2.05) is 35.2 Å². The fourth-order valence-corrected chi connectivity index (χ4v) is 4.61. The maximum atomic E-state index is 13.4. The Balaban J connectivity index is 1.62. The van der Waals surface area contributed by atoms with Crippen molar-refractivity contribution in [1.82, 2.24) is 4.90 Å². The van der Waals surface area contributed by atoms with Gasteiger partial charge in [-0.1, -0.05) is 50.5 Å². The van der Waals surface area contributed by atoms with Gasteiger partial charge in [-0.05, 0) is 48.6 Å². The first kappa shape index (κ1) is 20.5. The summed E-state index contributed by atoms with van der Waals surface area (Å²) in [6.45, 7) is 2.64. The van der Waals surface area contributed by atoms with Gasteiger partial charge in [0.2, 0.25) is 0 Å². The topological polar surface area (TPSA) is 62.1 Å². The summed E-state index contributed by atoms with van der Waals surface area (Å²) in [7, 11) is 1.65. The van der Waals surface area contributed by atoms with E-state index in [9.17, 15) is 9.90 Å². The molecule has 0 aromatic heterocycles. The molecule has 4 rings (SSSR count). The molecule has 2 aliphatic rings. The van der Waals surface area contributed by atoms with Crippen molar-refractivity contribution >= 4 is 11.7 Å². The molecule has 1 saturated carbocycles. The second-order valence-corrected chi connectivity index (χ2v) is 8.34. The van der Waals surface area contributed by atoms with Gasteiger partial charge < -0.3 is 9.84 Å². The van der Waals surface area contributed by atoms with Crippen LogP contribution in [0.15, 0.2) is 47.5 Å². The SMILES string of the molecule is CCCCC1=NC2(CCCC2)C(=O)N1Cc1ccc(-c2cccc(O)c2)cc1OC. The van der Waals surface area contributed by atoms with Gasteiger partial charge in [-0.25, -0.2) is 0 Å². The van der Waals surface area contributed by atoms with Gasteiger partial charge in [0.25, 0.3) is 5.91 Å². The molecule has 5 nitrogen and oxygen atoms in total. The van der Waals surface area contributed by atoms with Gasteiger partial charge >= 0.3 is 0 Å². The number of methoxy groups -OCH3 is 1. The number of unbranched alkanes of at least 4 members (excludes halogenated alkanes) is 1. The Labute approximate surface area is 178 Å². The number of amidine groups is 1. The molecule has 0 bridgehead atoms. The highest BCUT2D eigenvalue weighted by molar-refractivity contribution is 6.08. The van der Waals surface area contributed by atoms with Crippen LogP contribution in [0.5, 0.6) is 11.5 Å². The van der Waals surface area contributed by atoms with Crippen molar-refractivity contribution in [2.24, 2.45) is 4.99 Å². The highest BCUT2D eigenvalue weighted by atomic mass is 16.5. The van der Waals surface area contributed by atoms with Crippen molar-refractivity contribution in [3.05, 3.63) is 48.0 Å². The molecule has 1 aliphatic heterocycles. The third-order valence-corrected chi connectivity index (χ3v) is 6.28. The largest absolute Gasteiger partial charge is 0.508 e. The number of phenols is 1. The number of hydrogen-bond donors (Lipinski definition) is 1. The maximum Gasteiger partial charge on any atom is 0.256 e. The molecule has 1 N–H and O–H groups in total. The van der Waals surface area contributed by atoms with Gasteiger partial charge in [0.1, 0.15) is 22.9 Å². The lowest BCUT2D eigenvalue weighted by Gasteiger charge is -2.23. The van der Waals surface area contributed by atoms with E-state index in [2.05, 4.69) is 6.92 Å². The van der Waals surface area contributed by atoms with Crippen LogP contribution in [0.4, 0.5) is 0 Å². The van der Waals surface area contributed by atoms with E-state index in [0.717, 1.165) is 73.2 Å². The predicted molar refractivity (Wildman–Crippen MR) is 119 cm³/mol. The molecular formula is C25H30N2O3. The minimum Gasteiger partial charge on any atom is -0.508 e. The molecule has 1 aliphatic carbocycles. The summed E-state index contributed by atoms with van der Waals surface area (Å²) in [4.78, 5) is 20.2. The standard InChI is InChI=1S/C25H30N2O3/c1-3-4-10-23-26-25(13-5-6-14-25)24(29)27(23)17-20-12-11-19(16-22(20)30-2)18-8-7-9-21(28)15-18/h7-9,11-12,15-16,28H,3-6,10,13-14,17H2,1-2H3. The number of carbonyl (C=O) groups is 1. The monoisotopic (exact) mass is 406 g/mol. The van der Waals surface area contributed by atoms with Gasteiger partial charge in [0, 0.05) is 12.0 Å². The molecule has 158 valence electrons. The van der Waals surface area contributed by atoms with Crippen molar-refractivity contribution in [3.8, 4) is 22.6 Å². The van der Waals surface area contributed by atoms with Crippen LogP contribution in [0, 0.1) is 0 Å². The van der Waals surface area contributed by atoms with Crippen LogP contribution in [0.2, 0.25) is 0 Å². The second-order valence-electron chi connectivity index (χ2n) is 8.34. The van der Waals surface area contributed by atoms with Crippen LogP contribution >= 0.6 is 0 Å². The lowest BCUT2D eigenvalue weighted by atomic mass is 9.97. The van der Waals surface area contributed by atoms with E-state index in [4.69, 9.17) is 9.73 Å². The van der Waals surface area contributed by atoms with E-state index >= 15 is 0 Å². The minimum absolute atomic E-state index is 0.158. The fourth-order valence-electron chi connectivity index (χ4n) is 4.61. The summed E-state index contributed by atoms with van der Waals surface area (Å²) in [6, 6.07) is 13.2. The molecule has 1 spiro atoms. The first-order valence-corrected chi connectivity index (χ1v) is 10.9. The van der Waals surface area contributed by atoms with E-state index in [0.29, 0.717) is 6.54 Å². The van der Waals surface area contributed by atoms with Crippen molar-refractivity contribution < 1.29 is 14.6 Å². The predicted octanol–water partition coefficient (Wildman–Crippen LogP) is 5.31. The summed E-state index contributed by atoms with van der Waals surface area (Å²) in [5, 5.41) is 9.79. The van der Waals surface area contributed by atoms with Crippen molar-refractivity contribution in [2.75, 3.05) is 7.11 Å². The Hall–Kier alpha value is -2.82. The van der Waals surface area contributed by atoms with E-state index in [1.54, 1.807) is 19.2 Å². The van der Waals surface area contributed by atoms with Crippen molar-refractivity contribution in [3.63, 3.8) is 0 Å². The number of carbonyl (C=O) groups excluding carboxylic acids is 1. The molecule has 2 aromatic rings. The van der Waals surface area contributed by atoms with Crippen molar-refractivity contribution in [1.29, 1.82) is 0 Å². The summed E-state index contributed by atoms with van der Waals surface area (Å²) < 4.78 is 5.68. The smallest absolute Gasteiger partial charge is 0.256 e. The van der Waals surface area contributed by atoms with E-state index in [-0.39, 0.29) is 11.7 Å². The van der Waals surface area contributed by atoms with Gasteiger partial charge in [-0.3, -0.25) is 14.7 Å². The summed E-state index contributed by atoms with van der Waals surface area (Å²) in [5.41, 5.74) is 2.34. The Morgan fingerprint density at radius 3 is 2.60 bits per heavy atom. The maximum absolute atomic E-state index is 13.4. The normalized spacial score (nSPS) is 17.6. The van der Waals surface area contributed by atoms with Crippen molar-refractivity contribution in [2.45, 2.75) is 64.0 Å². The molecule has 0 saturated heterocycles. The van der Waals surface area contributed by atoms with Gasteiger partial charge in [-0.2, -0.15) is 0 Å². The lowest BCUT2D eigenvalue weighted by molar-refractivity contribution is -0.131. The molecule has 1 amide bonds. The van der Waals surface area contributed by atoms with Gasteiger partial charge in [-0.15, -0.1) is 0 Å². The molecular weight excluding hydrogens is 376 g/mol. The van der Waals surface area contributed by atoms with Crippen LogP contribution in [0.25, 0.3) is 11.1 Å². The van der Waals surface area contributed by atoms with Crippen LogP contribution < -0.4 is 4.74 Å². The molecule has 1 heterocycles. The van der Waals surface area contributed by atoms with E-state index < -0.39 is 5.54 Å². The Morgan fingerprint density at radius 2 is 1.90 bits per heavy atom. The first-order chi connectivity index (χ1) is 14.6. The molecule has 5 heteroatoms. The summed E-state index contributed by atoms with van der Waals surface area (Å²) in [6.07, 6.45) is 6.84. The average molecular weight is 407 g/mol. The van der Waals surface area contributed by atoms with Gasteiger partial charge in [0.05, 0.1) is 13.7 Å².